The largest absolute Gasteiger partial charge is 0.409 e. The average Bonchev–Trinajstić information content (AvgIpc) is 2.25. The van der Waals surface area contributed by atoms with Crippen LogP contribution in [0.15, 0.2) is 5.16 Å². The van der Waals surface area contributed by atoms with Gasteiger partial charge in [-0.15, -0.1) is 0 Å². The van der Waals surface area contributed by atoms with E-state index in [1.54, 1.807) is 20.8 Å². The molecule has 0 unspecified atom stereocenters. The summed E-state index contributed by atoms with van der Waals surface area (Å²) in [7, 11) is -3.48. The van der Waals surface area contributed by atoms with Crippen molar-refractivity contribution in [2.75, 3.05) is 13.1 Å². The normalized spacial score (nSPS) is 22.4. The SMILES string of the molecule is CC(C)(C)NS(=O)(=O)N1CCC(C)(C(N)=NO)CC1. The van der Waals surface area contributed by atoms with Gasteiger partial charge in [-0.3, -0.25) is 0 Å². The molecule has 0 aliphatic carbocycles. The van der Waals surface area contributed by atoms with E-state index >= 15 is 0 Å². The van der Waals surface area contributed by atoms with Crippen LogP contribution in [0.1, 0.15) is 40.5 Å². The minimum atomic E-state index is -3.48. The molecular formula is C11H24N4O3S. The zero-order valence-corrected chi connectivity index (χ0v) is 12.8. The Morgan fingerprint density at radius 1 is 1.37 bits per heavy atom. The van der Waals surface area contributed by atoms with Crippen LogP contribution in [0.5, 0.6) is 0 Å². The molecule has 0 amide bonds. The van der Waals surface area contributed by atoms with Gasteiger partial charge in [0.2, 0.25) is 0 Å². The minimum Gasteiger partial charge on any atom is -0.409 e. The quantitative estimate of drug-likeness (QED) is 0.304. The Morgan fingerprint density at radius 3 is 2.21 bits per heavy atom. The maximum Gasteiger partial charge on any atom is 0.279 e. The van der Waals surface area contributed by atoms with Crippen molar-refractivity contribution in [3.63, 3.8) is 0 Å². The molecule has 1 fully saturated rings. The van der Waals surface area contributed by atoms with Gasteiger partial charge in [0.25, 0.3) is 10.2 Å². The summed E-state index contributed by atoms with van der Waals surface area (Å²) in [5, 5.41) is 11.8. The van der Waals surface area contributed by atoms with Crippen LogP contribution in [0.4, 0.5) is 0 Å². The van der Waals surface area contributed by atoms with Crippen LogP contribution in [0.25, 0.3) is 0 Å². The molecule has 0 radical (unpaired) electrons. The molecule has 0 bridgehead atoms. The molecule has 7 nitrogen and oxygen atoms in total. The maximum atomic E-state index is 12.2. The van der Waals surface area contributed by atoms with Crippen molar-refractivity contribution in [3.05, 3.63) is 0 Å². The summed E-state index contributed by atoms with van der Waals surface area (Å²) >= 11 is 0. The summed E-state index contributed by atoms with van der Waals surface area (Å²) in [5.41, 5.74) is 4.70. The highest BCUT2D eigenvalue weighted by Crippen LogP contribution is 2.32. The van der Waals surface area contributed by atoms with E-state index in [2.05, 4.69) is 9.88 Å². The molecule has 1 aliphatic heterocycles. The summed E-state index contributed by atoms with van der Waals surface area (Å²) in [6.07, 6.45) is 1.07. The summed E-state index contributed by atoms with van der Waals surface area (Å²) < 4.78 is 28.3. The van der Waals surface area contributed by atoms with Crippen molar-refractivity contribution in [3.8, 4) is 0 Å². The Bertz CT molecular complexity index is 445. The Kier molecular flexibility index (Phi) is 4.48. The summed E-state index contributed by atoms with van der Waals surface area (Å²) in [6, 6.07) is 0. The van der Waals surface area contributed by atoms with Gasteiger partial charge in [-0.25, -0.2) is 0 Å². The van der Waals surface area contributed by atoms with E-state index < -0.39 is 21.2 Å². The number of nitrogens with one attached hydrogen (secondary N) is 1. The lowest BCUT2D eigenvalue weighted by Crippen LogP contribution is -2.53. The third-order valence-electron chi connectivity index (χ3n) is 3.33. The first-order valence-corrected chi connectivity index (χ1v) is 7.71. The van der Waals surface area contributed by atoms with E-state index in [1.807, 2.05) is 6.92 Å². The maximum absolute atomic E-state index is 12.2. The Morgan fingerprint density at radius 2 is 1.84 bits per heavy atom. The Hall–Kier alpha value is -0.860. The van der Waals surface area contributed by atoms with Gasteiger partial charge < -0.3 is 10.9 Å². The highest BCUT2D eigenvalue weighted by Gasteiger charge is 2.38. The second-order valence-electron chi connectivity index (χ2n) is 6.30. The lowest BCUT2D eigenvalue weighted by Gasteiger charge is -2.38. The third-order valence-corrected chi connectivity index (χ3v) is 5.24. The zero-order valence-electron chi connectivity index (χ0n) is 12.0. The predicted molar refractivity (Wildman–Crippen MR) is 74.1 cm³/mol. The van der Waals surface area contributed by atoms with E-state index in [0.29, 0.717) is 25.9 Å². The second kappa shape index (κ2) is 5.26. The van der Waals surface area contributed by atoms with Gasteiger partial charge >= 0.3 is 0 Å². The van der Waals surface area contributed by atoms with Crippen molar-refractivity contribution in [2.45, 2.75) is 46.1 Å². The number of amidine groups is 1. The topological polar surface area (TPSA) is 108 Å². The second-order valence-corrected chi connectivity index (χ2v) is 7.97. The number of piperidine rings is 1. The van der Waals surface area contributed by atoms with Crippen molar-refractivity contribution in [1.29, 1.82) is 0 Å². The smallest absolute Gasteiger partial charge is 0.279 e. The monoisotopic (exact) mass is 292 g/mol. The highest BCUT2D eigenvalue weighted by molar-refractivity contribution is 7.87. The lowest BCUT2D eigenvalue weighted by molar-refractivity contribution is 0.226. The molecule has 1 aliphatic rings. The molecule has 4 N–H and O–H groups in total. The number of nitrogens with two attached hydrogens (primary N) is 1. The van der Waals surface area contributed by atoms with E-state index in [1.165, 1.54) is 4.31 Å². The van der Waals surface area contributed by atoms with Crippen LogP contribution in [0, 0.1) is 5.41 Å². The van der Waals surface area contributed by atoms with Gasteiger partial charge in [-0.05, 0) is 33.6 Å². The zero-order chi connectivity index (χ0) is 14.9. The molecule has 1 saturated heterocycles. The first-order valence-electron chi connectivity index (χ1n) is 6.27. The Labute approximate surface area is 115 Å². The number of hydrogen-bond acceptors (Lipinski definition) is 4. The average molecular weight is 292 g/mol. The first-order chi connectivity index (χ1) is 8.50. The molecule has 0 aromatic rings. The highest BCUT2D eigenvalue weighted by atomic mass is 32.2. The molecular weight excluding hydrogens is 268 g/mol. The van der Waals surface area contributed by atoms with E-state index in [-0.39, 0.29) is 5.84 Å². The van der Waals surface area contributed by atoms with Crippen molar-refractivity contribution in [1.82, 2.24) is 9.03 Å². The molecule has 0 atom stereocenters. The molecule has 0 saturated carbocycles. The van der Waals surface area contributed by atoms with Crippen LogP contribution in [0.2, 0.25) is 0 Å². The van der Waals surface area contributed by atoms with Gasteiger partial charge in [0.15, 0.2) is 0 Å². The van der Waals surface area contributed by atoms with Crippen LogP contribution in [0.3, 0.4) is 0 Å². The first kappa shape index (κ1) is 16.2. The minimum absolute atomic E-state index is 0.160. The Balaban J connectivity index is 2.74. The molecule has 1 heterocycles. The van der Waals surface area contributed by atoms with E-state index in [0.717, 1.165) is 0 Å². The van der Waals surface area contributed by atoms with E-state index in [9.17, 15) is 8.42 Å². The standard InChI is InChI=1S/C11H24N4O3S/c1-10(2,3)14-19(17,18)15-7-5-11(4,6-8-15)9(12)13-16/h14,16H,5-8H2,1-4H3,(H2,12,13). The van der Waals surface area contributed by atoms with Crippen LogP contribution < -0.4 is 10.5 Å². The van der Waals surface area contributed by atoms with Crippen LogP contribution in [-0.4, -0.2) is 42.4 Å². The van der Waals surface area contributed by atoms with Crippen LogP contribution >= 0.6 is 0 Å². The van der Waals surface area contributed by atoms with Gasteiger partial charge in [-0.1, -0.05) is 12.1 Å². The fourth-order valence-electron chi connectivity index (χ4n) is 2.05. The van der Waals surface area contributed by atoms with Gasteiger partial charge in [-0.2, -0.15) is 17.4 Å². The predicted octanol–water partition coefficient (Wildman–Crippen LogP) is 0.468. The number of nitrogens with zero attached hydrogens (tertiary/aromatic N) is 2. The van der Waals surface area contributed by atoms with Gasteiger partial charge in [0, 0.05) is 24.0 Å². The molecule has 1 rings (SSSR count). The summed E-state index contributed by atoms with van der Waals surface area (Å²) in [4.78, 5) is 0. The number of hydrogen-bond donors (Lipinski definition) is 3. The summed E-state index contributed by atoms with van der Waals surface area (Å²) in [6.45, 7) is 8.00. The molecule has 19 heavy (non-hydrogen) atoms. The number of rotatable bonds is 3. The van der Waals surface area contributed by atoms with Crippen molar-refractivity contribution >= 4 is 16.0 Å². The molecule has 112 valence electrons. The van der Waals surface area contributed by atoms with Crippen LogP contribution in [-0.2, 0) is 10.2 Å². The molecule has 0 aromatic heterocycles. The fourth-order valence-corrected chi connectivity index (χ4v) is 3.61. The fraction of sp³-hybridized carbons (Fsp3) is 0.909. The van der Waals surface area contributed by atoms with Gasteiger partial charge in [0.1, 0.15) is 5.84 Å². The van der Waals surface area contributed by atoms with Crippen molar-refractivity contribution < 1.29 is 13.6 Å². The van der Waals surface area contributed by atoms with E-state index in [4.69, 9.17) is 10.9 Å². The lowest BCUT2D eigenvalue weighted by atomic mass is 9.80. The van der Waals surface area contributed by atoms with Gasteiger partial charge in [0.05, 0.1) is 0 Å². The molecule has 0 aromatic carbocycles. The summed E-state index contributed by atoms with van der Waals surface area (Å²) in [5.74, 6) is 0.160. The van der Waals surface area contributed by atoms with Crippen molar-refractivity contribution in [2.24, 2.45) is 16.3 Å². The third kappa shape index (κ3) is 4.05. The number of oxime groups is 1. The molecule has 8 heteroatoms. The molecule has 0 spiro atoms.